The van der Waals surface area contributed by atoms with Crippen LogP contribution in [0.4, 0.5) is 0 Å². The lowest BCUT2D eigenvalue weighted by Crippen LogP contribution is -2.41. The van der Waals surface area contributed by atoms with Crippen LogP contribution in [-0.4, -0.2) is 69.1 Å². The zero-order chi connectivity index (χ0) is 13.1. The van der Waals surface area contributed by atoms with E-state index in [-0.39, 0.29) is 6.54 Å². The van der Waals surface area contributed by atoms with Gasteiger partial charge in [-0.2, -0.15) is 0 Å². The highest BCUT2D eigenvalue weighted by Crippen LogP contribution is 2.49. The van der Waals surface area contributed by atoms with Crippen molar-refractivity contribution in [1.82, 2.24) is 4.90 Å². The molecule has 0 aliphatic carbocycles. The first-order valence-corrected chi connectivity index (χ1v) is 8.56. The van der Waals surface area contributed by atoms with Crippen LogP contribution in [0.15, 0.2) is 0 Å². The zero-order valence-corrected chi connectivity index (χ0v) is 11.0. The van der Waals surface area contributed by atoms with Crippen LogP contribution >= 0.6 is 15.2 Å². The minimum absolute atomic E-state index is 0.0290. The van der Waals surface area contributed by atoms with Crippen molar-refractivity contribution in [3.8, 4) is 0 Å². The van der Waals surface area contributed by atoms with Crippen molar-refractivity contribution in [3.63, 3.8) is 0 Å². The largest absolute Gasteiger partial charge is 0.379 e. The van der Waals surface area contributed by atoms with Crippen molar-refractivity contribution in [2.45, 2.75) is 5.66 Å². The van der Waals surface area contributed by atoms with E-state index >= 15 is 0 Å². The van der Waals surface area contributed by atoms with Gasteiger partial charge in [-0.25, -0.2) is 0 Å². The molecule has 1 fully saturated rings. The highest BCUT2D eigenvalue weighted by atomic mass is 31.2. The molecule has 0 saturated carbocycles. The summed E-state index contributed by atoms with van der Waals surface area (Å²) in [4.78, 5) is 37.5. The van der Waals surface area contributed by atoms with Gasteiger partial charge in [0, 0.05) is 19.6 Å². The summed E-state index contributed by atoms with van der Waals surface area (Å²) in [5.41, 5.74) is -1.33. The van der Waals surface area contributed by atoms with E-state index in [1.807, 2.05) is 0 Å². The Hall–Kier alpha value is 0.220. The average Bonchev–Trinajstić information content (AvgIpc) is 2.15. The fraction of sp³-hybridized carbons (Fsp3) is 1.00. The summed E-state index contributed by atoms with van der Waals surface area (Å²) < 4.78 is 27.1. The van der Waals surface area contributed by atoms with Crippen LogP contribution in [0.25, 0.3) is 0 Å². The van der Waals surface area contributed by atoms with Crippen molar-refractivity contribution in [2.24, 2.45) is 0 Å². The van der Waals surface area contributed by atoms with Crippen molar-refractivity contribution < 1.29 is 33.4 Å². The molecule has 1 atom stereocenters. The summed E-state index contributed by atoms with van der Waals surface area (Å²) in [5.74, 6) is 0. The molecule has 1 rings (SSSR count). The van der Waals surface area contributed by atoms with Gasteiger partial charge in [0.1, 0.15) is 0 Å². The smallest absolute Gasteiger partial charge is 0.330 e. The highest BCUT2D eigenvalue weighted by molar-refractivity contribution is 7.56. The SMILES string of the molecule is O=P(O)(O)CC(CN1CCOCC1)P(=O)(O)O. The Morgan fingerprint density at radius 1 is 1.12 bits per heavy atom. The third kappa shape index (κ3) is 6.08. The molecule has 1 aliphatic heterocycles. The average molecular weight is 289 g/mol. The number of morpholine rings is 1. The van der Waals surface area contributed by atoms with Gasteiger partial charge in [0.15, 0.2) is 0 Å². The van der Waals surface area contributed by atoms with Gasteiger partial charge >= 0.3 is 15.2 Å². The molecule has 0 bridgehead atoms. The fourth-order valence-electron chi connectivity index (χ4n) is 1.63. The Morgan fingerprint density at radius 3 is 2.06 bits per heavy atom. The molecule has 10 heteroatoms. The van der Waals surface area contributed by atoms with Crippen molar-refractivity contribution in [3.05, 3.63) is 0 Å². The van der Waals surface area contributed by atoms with E-state index in [2.05, 4.69) is 0 Å². The summed E-state index contributed by atoms with van der Waals surface area (Å²) in [5, 5.41) is 0. The van der Waals surface area contributed by atoms with Crippen molar-refractivity contribution in [1.29, 1.82) is 0 Å². The third-order valence-corrected chi connectivity index (χ3v) is 5.00. The Kier molecular flexibility index (Phi) is 5.31. The first-order valence-electron chi connectivity index (χ1n) is 5.08. The molecule has 17 heavy (non-hydrogen) atoms. The molecule has 0 amide bonds. The second-order valence-electron chi connectivity index (χ2n) is 4.00. The highest BCUT2D eigenvalue weighted by Gasteiger charge is 2.36. The minimum Gasteiger partial charge on any atom is -0.379 e. The Balaban J connectivity index is 2.63. The maximum absolute atomic E-state index is 11.2. The van der Waals surface area contributed by atoms with E-state index in [1.54, 1.807) is 4.90 Å². The Morgan fingerprint density at radius 2 is 1.65 bits per heavy atom. The molecule has 1 aliphatic rings. The van der Waals surface area contributed by atoms with Crippen molar-refractivity contribution in [2.75, 3.05) is 39.0 Å². The first kappa shape index (κ1) is 15.3. The number of hydrogen-bond acceptors (Lipinski definition) is 4. The Bertz CT molecular complexity index is 331. The van der Waals surface area contributed by atoms with E-state index in [0.717, 1.165) is 0 Å². The van der Waals surface area contributed by atoms with E-state index < -0.39 is 27.0 Å². The molecule has 0 aromatic rings. The summed E-state index contributed by atoms with van der Waals surface area (Å²) in [7, 11) is -8.95. The second-order valence-corrected chi connectivity index (χ2v) is 7.61. The summed E-state index contributed by atoms with van der Waals surface area (Å²) in [6.45, 7) is 1.92. The molecule has 1 heterocycles. The lowest BCUT2D eigenvalue weighted by Gasteiger charge is -2.30. The van der Waals surface area contributed by atoms with Gasteiger partial charge in [-0.1, -0.05) is 0 Å². The van der Waals surface area contributed by atoms with Gasteiger partial charge in [0.2, 0.25) is 0 Å². The van der Waals surface area contributed by atoms with Crippen molar-refractivity contribution >= 4 is 15.2 Å². The van der Waals surface area contributed by atoms with Crippen LogP contribution in [0.2, 0.25) is 0 Å². The standard InChI is InChI=1S/C7H17NO7P2/c9-16(10,11)6-7(17(12,13)14)5-8-1-3-15-4-2-8/h7H,1-6H2,(H2,9,10,11)(H2,12,13,14). The van der Waals surface area contributed by atoms with Gasteiger partial charge in [0.05, 0.1) is 25.0 Å². The molecule has 1 saturated heterocycles. The maximum atomic E-state index is 11.2. The molecule has 0 aromatic carbocycles. The van der Waals surface area contributed by atoms with Gasteiger partial charge < -0.3 is 24.3 Å². The molecule has 0 radical (unpaired) electrons. The monoisotopic (exact) mass is 289 g/mol. The quantitative estimate of drug-likeness (QED) is 0.477. The van der Waals surface area contributed by atoms with E-state index in [0.29, 0.717) is 26.3 Å². The number of ether oxygens (including phenoxy) is 1. The van der Waals surface area contributed by atoms with Gasteiger partial charge in [-0.05, 0) is 0 Å². The number of rotatable bonds is 5. The van der Waals surface area contributed by atoms with E-state index in [4.69, 9.17) is 24.3 Å². The molecule has 1 unspecified atom stereocenters. The predicted octanol–water partition coefficient (Wildman–Crippen LogP) is -0.957. The minimum atomic E-state index is -4.51. The van der Waals surface area contributed by atoms with Crippen LogP contribution in [-0.2, 0) is 13.9 Å². The fourth-order valence-corrected chi connectivity index (χ4v) is 4.22. The predicted molar refractivity (Wildman–Crippen MR) is 60.0 cm³/mol. The van der Waals surface area contributed by atoms with Crippen LogP contribution in [0, 0.1) is 0 Å². The lowest BCUT2D eigenvalue weighted by atomic mass is 10.3. The molecular formula is C7H17NO7P2. The molecule has 4 N–H and O–H groups in total. The summed E-state index contributed by atoms with van der Waals surface area (Å²) >= 11 is 0. The number of nitrogens with zero attached hydrogens (tertiary/aromatic N) is 1. The molecular weight excluding hydrogens is 272 g/mol. The second kappa shape index (κ2) is 5.91. The summed E-state index contributed by atoms with van der Waals surface area (Å²) in [6.07, 6.45) is -0.797. The molecule has 0 spiro atoms. The number of hydrogen-bond donors (Lipinski definition) is 4. The molecule has 8 nitrogen and oxygen atoms in total. The van der Waals surface area contributed by atoms with Gasteiger partial charge in [-0.15, -0.1) is 0 Å². The normalized spacial score (nSPS) is 21.4. The lowest BCUT2D eigenvalue weighted by molar-refractivity contribution is 0.0375. The Labute approximate surface area is 98.9 Å². The van der Waals surface area contributed by atoms with Crippen LogP contribution in [0.1, 0.15) is 0 Å². The van der Waals surface area contributed by atoms with Crippen LogP contribution < -0.4 is 0 Å². The van der Waals surface area contributed by atoms with E-state index in [9.17, 15) is 9.13 Å². The zero-order valence-electron chi connectivity index (χ0n) is 9.18. The first-order chi connectivity index (χ1) is 7.68. The summed E-state index contributed by atoms with van der Waals surface area (Å²) in [6, 6.07) is 0. The third-order valence-electron chi connectivity index (χ3n) is 2.50. The van der Waals surface area contributed by atoms with Gasteiger partial charge in [0.25, 0.3) is 0 Å². The van der Waals surface area contributed by atoms with E-state index in [1.165, 1.54) is 0 Å². The van der Waals surface area contributed by atoms with Crippen LogP contribution in [0.3, 0.4) is 0 Å². The molecule has 0 aromatic heterocycles. The maximum Gasteiger partial charge on any atom is 0.330 e. The topological polar surface area (TPSA) is 128 Å². The van der Waals surface area contributed by atoms with Crippen LogP contribution in [0.5, 0.6) is 0 Å². The molecule has 102 valence electrons. The van der Waals surface area contributed by atoms with Gasteiger partial charge in [-0.3, -0.25) is 14.0 Å².